The predicted molar refractivity (Wildman–Crippen MR) is 44.3 cm³/mol. The molecule has 3 nitrogen and oxygen atoms in total. The van der Waals surface area contributed by atoms with Crippen molar-refractivity contribution in [2.24, 2.45) is 10.2 Å². The van der Waals surface area contributed by atoms with Gasteiger partial charge in [-0.25, -0.2) is 0 Å². The molecule has 1 aromatic rings. The first kappa shape index (κ1) is 6.34. The molecule has 0 bridgehead atoms. The molecule has 1 aromatic carbocycles. The maximum atomic E-state index is 4.05. The van der Waals surface area contributed by atoms with Crippen LogP contribution < -0.4 is 5.32 Å². The van der Waals surface area contributed by atoms with Gasteiger partial charge in [-0.05, 0) is 12.1 Å². The quantitative estimate of drug-likeness (QED) is 0.600. The number of para-hydroxylation sites is 1. The summed E-state index contributed by atoms with van der Waals surface area (Å²) in [6, 6.07) is 7.92. The Morgan fingerprint density at radius 1 is 1.27 bits per heavy atom. The molecule has 1 N–H and O–H groups in total. The second-order valence-corrected chi connectivity index (χ2v) is 2.41. The van der Waals surface area contributed by atoms with Crippen molar-refractivity contribution >= 4 is 11.4 Å². The molecule has 1 aliphatic rings. The van der Waals surface area contributed by atoms with Gasteiger partial charge in [-0.2, -0.15) is 10.2 Å². The first-order valence-electron chi connectivity index (χ1n) is 3.67. The van der Waals surface area contributed by atoms with Crippen molar-refractivity contribution in [1.29, 1.82) is 0 Å². The zero-order valence-corrected chi connectivity index (χ0v) is 6.12. The Morgan fingerprint density at radius 3 is 3.18 bits per heavy atom. The van der Waals surface area contributed by atoms with E-state index >= 15 is 0 Å². The largest absolute Gasteiger partial charge is 0.381 e. The molecule has 2 rings (SSSR count). The number of azo groups is 1. The monoisotopic (exact) mass is 147 g/mol. The number of hydrogen-bond acceptors (Lipinski definition) is 3. The second kappa shape index (κ2) is 2.70. The van der Waals surface area contributed by atoms with Crippen LogP contribution in [0.5, 0.6) is 0 Å². The van der Waals surface area contributed by atoms with E-state index in [1.807, 2.05) is 24.3 Å². The fourth-order valence-corrected chi connectivity index (χ4v) is 1.08. The summed E-state index contributed by atoms with van der Waals surface area (Å²) in [5.41, 5.74) is 2.01. The van der Waals surface area contributed by atoms with Crippen LogP contribution >= 0.6 is 0 Å². The summed E-state index contributed by atoms with van der Waals surface area (Å²) in [7, 11) is 0. The minimum atomic E-state index is 0.759. The van der Waals surface area contributed by atoms with Gasteiger partial charge in [0.2, 0.25) is 0 Å². The number of benzene rings is 1. The third kappa shape index (κ3) is 1.22. The number of anilines is 1. The molecule has 3 heteroatoms. The number of nitrogens with one attached hydrogen (secondary N) is 1. The molecule has 0 unspecified atom stereocenters. The van der Waals surface area contributed by atoms with Crippen LogP contribution in [-0.2, 0) is 0 Å². The van der Waals surface area contributed by atoms with Crippen molar-refractivity contribution in [3.63, 3.8) is 0 Å². The lowest BCUT2D eigenvalue weighted by atomic mass is 10.3. The first-order chi connectivity index (χ1) is 5.47. The minimum Gasteiger partial charge on any atom is -0.381 e. The van der Waals surface area contributed by atoms with E-state index in [1.54, 1.807) is 0 Å². The third-order valence-corrected chi connectivity index (χ3v) is 1.61. The minimum absolute atomic E-state index is 0.759. The summed E-state index contributed by atoms with van der Waals surface area (Å²) in [4.78, 5) is 0. The Hall–Kier alpha value is -1.38. The number of hydrogen-bond donors (Lipinski definition) is 1. The van der Waals surface area contributed by atoms with Gasteiger partial charge < -0.3 is 5.32 Å². The van der Waals surface area contributed by atoms with Crippen LogP contribution in [-0.4, -0.2) is 13.1 Å². The molecule has 1 aliphatic heterocycles. The Kier molecular flexibility index (Phi) is 1.55. The highest BCUT2D eigenvalue weighted by molar-refractivity contribution is 5.65. The lowest BCUT2D eigenvalue weighted by Gasteiger charge is -2.01. The molecule has 1 heterocycles. The van der Waals surface area contributed by atoms with Crippen molar-refractivity contribution < 1.29 is 0 Å². The Morgan fingerprint density at radius 2 is 2.18 bits per heavy atom. The van der Waals surface area contributed by atoms with Gasteiger partial charge in [-0.15, -0.1) is 0 Å². The van der Waals surface area contributed by atoms with Crippen molar-refractivity contribution in [2.75, 3.05) is 18.4 Å². The summed E-state index contributed by atoms with van der Waals surface area (Å²) >= 11 is 0. The molecule has 11 heavy (non-hydrogen) atoms. The molecule has 0 radical (unpaired) electrons. The van der Waals surface area contributed by atoms with E-state index < -0.39 is 0 Å². The molecule has 0 atom stereocenters. The molecular weight excluding hydrogens is 138 g/mol. The van der Waals surface area contributed by atoms with Crippen LogP contribution in [0.2, 0.25) is 0 Å². The summed E-state index contributed by atoms with van der Waals surface area (Å²) in [5.74, 6) is 0. The number of nitrogens with zero attached hydrogens (tertiary/aromatic N) is 2. The van der Waals surface area contributed by atoms with Crippen LogP contribution in [0.4, 0.5) is 11.4 Å². The standard InChI is InChI=1S/C8H9N3/c1-2-4-8-7(3-1)9-5-6-10-11-8/h1-4,9H,5-6H2. The Labute approximate surface area is 65.2 Å². The van der Waals surface area contributed by atoms with Crippen LogP contribution in [0.25, 0.3) is 0 Å². The predicted octanol–water partition coefficient (Wildman–Crippen LogP) is 2.20. The second-order valence-electron chi connectivity index (χ2n) is 2.41. The zero-order valence-electron chi connectivity index (χ0n) is 6.12. The Bertz CT molecular complexity index is 280. The molecule has 0 saturated carbocycles. The van der Waals surface area contributed by atoms with Crippen molar-refractivity contribution in [2.45, 2.75) is 0 Å². The summed E-state index contributed by atoms with van der Waals surface area (Å²) in [6.07, 6.45) is 0. The molecule has 0 aromatic heterocycles. The van der Waals surface area contributed by atoms with Crippen molar-refractivity contribution in [3.05, 3.63) is 24.3 Å². The van der Waals surface area contributed by atoms with Gasteiger partial charge in [0.15, 0.2) is 0 Å². The van der Waals surface area contributed by atoms with Crippen molar-refractivity contribution in [3.8, 4) is 0 Å². The lowest BCUT2D eigenvalue weighted by Crippen LogP contribution is -2.01. The van der Waals surface area contributed by atoms with Gasteiger partial charge >= 0.3 is 0 Å². The van der Waals surface area contributed by atoms with Gasteiger partial charge in [-0.3, -0.25) is 0 Å². The van der Waals surface area contributed by atoms with E-state index in [-0.39, 0.29) is 0 Å². The highest BCUT2D eigenvalue weighted by Crippen LogP contribution is 2.25. The highest BCUT2D eigenvalue weighted by atomic mass is 15.1. The van der Waals surface area contributed by atoms with E-state index in [2.05, 4.69) is 15.5 Å². The lowest BCUT2D eigenvalue weighted by molar-refractivity contribution is 0.968. The number of rotatable bonds is 0. The van der Waals surface area contributed by atoms with Crippen LogP contribution in [0.1, 0.15) is 0 Å². The van der Waals surface area contributed by atoms with Gasteiger partial charge in [0.25, 0.3) is 0 Å². The molecule has 0 fully saturated rings. The van der Waals surface area contributed by atoms with Gasteiger partial charge in [0, 0.05) is 6.54 Å². The molecule has 0 saturated heterocycles. The smallest absolute Gasteiger partial charge is 0.108 e. The highest BCUT2D eigenvalue weighted by Gasteiger charge is 2.01. The topological polar surface area (TPSA) is 36.8 Å². The van der Waals surface area contributed by atoms with E-state index in [0.29, 0.717) is 0 Å². The fraction of sp³-hybridized carbons (Fsp3) is 0.250. The molecule has 56 valence electrons. The average molecular weight is 147 g/mol. The number of fused-ring (bicyclic) bond motifs is 1. The van der Waals surface area contributed by atoms with Gasteiger partial charge in [0.1, 0.15) is 5.69 Å². The van der Waals surface area contributed by atoms with E-state index in [9.17, 15) is 0 Å². The van der Waals surface area contributed by atoms with Gasteiger partial charge in [0.05, 0.1) is 12.2 Å². The normalized spacial score (nSPS) is 14.9. The SMILES string of the molecule is c1ccc2c(c1)N=NCCN2. The Balaban J connectivity index is 2.45. The zero-order chi connectivity index (χ0) is 7.52. The van der Waals surface area contributed by atoms with E-state index in [4.69, 9.17) is 0 Å². The average Bonchev–Trinajstić information content (AvgIpc) is 2.28. The van der Waals surface area contributed by atoms with Crippen molar-refractivity contribution in [1.82, 2.24) is 0 Å². The first-order valence-corrected chi connectivity index (χ1v) is 3.67. The van der Waals surface area contributed by atoms with E-state index in [0.717, 1.165) is 24.5 Å². The summed E-state index contributed by atoms with van der Waals surface area (Å²) < 4.78 is 0. The van der Waals surface area contributed by atoms with E-state index in [1.165, 1.54) is 0 Å². The molecule has 0 aliphatic carbocycles. The third-order valence-electron chi connectivity index (χ3n) is 1.61. The molecular formula is C8H9N3. The molecule has 0 amide bonds. The van der Waals surface area contributed by atoms with Crippen LogP contribution in [0.15, 0.2) is 34.5 Å². The molecule has 0 spiro atoms. The fourth-order valence-electron chi connectivity index (χ4n) is 1.08. The summed E-state index contributed by atoms with van der Waals surface area (Å²) in [5, 5.41) is 11.3. The maximum Gasteiger partial charge on any atom is 0.108 e. The maximum absolute atomic E-state index is 4.05. The van der Waals surface area contributed by atoms with Crippen LogP contribution in [0, 0.1) is 0 Å². The van der Waals surface area contributed by atoms with Crippen LogP contribution in [0.3, 0.4) is 0 Å². The summed E-state index contributed by atoms with van der Waals surface area (Å²) in [6.45, 7) is 1.63. The van der Waals surface area contributed by atoms with Gasteiger partial charge in [-0.1, -0.05) is 12.1 Å².